The van der Waals surface area contributed by atoms with Gasteiger partial charge in [0.25, 0.3) is 0 Å². The lowest BCUT2D eigenvalue weighted by molar-refractivity contribution is -0.137. The van der Waals surface area contributed by atoms with E-state index in [1.54, 1.807) is 7.05 Å². The van der Waals surface area contributed by atoms with Gasteiger partial charge in [-0.3, -0.25) is 4.99 Å². The van der Waals surface area contributed by atoms with E-state index >= 15 is 0 Å². The number of fused-ring (bicyclic) bond motifs is 1. The summed E-state index contributed by atoms with van der Waals surface area (Å²) in [4.78, 5) is 12.5. The van der Waals surface area contributed by atoms with Gasteiger partial charge in [-0.05, 0) is 12.5 Å². The van der Waals surface area contributed by atoms with Crippen LogP contribution in [0.25, 0.3) is 0 Å². The number of hydrogen-bond acceptors (Lipinski definition) is 5. The first-order valence-electron chi connectivity index (χ1n) is 9.83. The van der Waals surface area contributed by atoms with Crippen LogP contribution in [-0.2, 0) is 19.1 Å². The Morgan fingerprint density at radius 3 is 2.74 bits per heavy atom. The lowest BCUT2D eigenvalue weighted by Crippen LogP contribution is -2.47. The van der Waals surface area contributed by atoms with E-state index in [1.807, 2.05) is 4.68 Å². The molecule has 12 heteroatoms. The van der Waals surface area contributed by atoms with Crippen LogP contribution in [0.3, 0.4) is 0 Å². The molecule has 0 fully saturated rings. The van der Waals surface area contributed by atoms with Gasteiger partial charge < -0.3 is 15.4 Å². The van der Waals surface area contributed by atoms with E-state index in [9.17, 15) is 13.2 Å². The van der Waals surface area contributed by atoms with Crippen molar-refractivity contribution < 1.29 is 17.9 Å². The van der Waals surface area contributed by atoms with Crippen molar-refractivity contribution in [1.29, 1.82) is 0 Å². The minimum Gasteiger partial charge on any atom is -0.476 e. The summed E-state index contributed by atoms with van der Waals surface area (Å²) in [6, 6.07) is 2.32. The summed E-state index contributed by atoms with van der Waals surface area (Å²) in [5, 5.41) is 11.1. The Bertz CT molecular complexity index is 868. The topological polar surface area (TPSA) is 89.2 Å². The number of halogens is 4. The summed E-state index contributed by atoms with van der Waals surface area (Å²) in [6.07, 6.45) is -1.89. The smallest absolute Gasteiger partial charge is 0.417 e. The Balaban J connectivity index is 0.00000341. The number of ether oxygens (including phenoxy) is 1. The molecule has 0 bridgehead atoms. The summed E-state index contributed by atoms with van der Waals surface area (Å²) >= 11 is 0. The highest BCUT2D eigenvalue weighted by atomic mass is 127. The van der Waals surface area contributed by atoms with Gasteiger partial charge >= 0.3 is 6.18 Å². The van der Waals surface area contributed by atoms with Gasteiger partial charge in [0.1, 0.15) is 12.4 Å². The third kappa shape index (κ3) is 6.94. The number of nitrogens with one attached hydrogen (secondary N) is 2. The molecule has 0 amide bonds. The molecular weight excluding hydrogens is 526 g/mol. The molecule has 0 spiro atoms. The van der Waals surface area contributed by atoms with Crippen LogP contribution in [0.2, 0.25) is 0 Å². The second kappa shape index (κ2) is 11.0. The van der Waals surface area contributed by atoms with Crippen LogP contribution in [-0.4, -0.2) is 51.9 Å². The predicted octanol–water partition coefficient (Wildman–Crippen LogP) is 2.99. The third-order valence-electron chi connectivity index (χ3n) is 4.66. The maximum atomic E-state index is 12.5. The van der Waals surface area contributed by atoms with Crippen LogP contribution in [0.15, 0.2) is 23.3 Å². The maximum Gasteiger partial charge on any atom is 0.417 e. The lowest BCUT2D eigenvalue weighted by Gasteiger charge is -2.25. The Hall–Kier alpha value is -2.12. The zero-order chi connectivity index (χ0) is 21.7. The molecule has 1 unspecified atom stereocenters. The van der Waals surface area contributed by atoms with Crippen LogP contribution < -0.4 is 15.4 Å². The van der Waals surface area contributed by atoms with Gasteiger partial charge in [0.2, 0.25) is 5.88 Å². The van der Waals surface area contributed by atoms with E-state index in [4.69, 9.17) is 4.74 Å². The molecule has 3 heterocycles. The summed E-state index contributed by atoms with van der Waals surface area (Å²) in [5.74, 6) is 2.93. The number of aryl methyl sites for hydroxylation is 1. The summed E-state index contributed by atoms with van der Waals surface area (Å²) in [5.41, 5.74) is -0.805. The standard InChI is InChI=1S/C19H26F3N7O.HI/c1-12(2)17-27-15-6-5-14(11-29(15)28-17)26-18(23-3)24-8-9-30-16-7-4-13(10-25-16)19(20,21)22;/h4,7,10,12,14H,5-6,8-9,11H2,1-3H3,(H2,23,24,26);1H. The number of aromatic nitrogens is 4. The fourth-order valence-corrected chi connectivity index (χ4v) is 3.04. The molecule has 0 aliphatic carbocycles. The van der Waals surface area contributed by atoms with E-state index in [2.05, 4.69) is 44.5 Å². The molecule has 2 aromatic rings. The van der Waals surface area contributed by atoms with Crippen molar-refractivity contribution in [2.75, 3.05) is 20.2 Å². The average molecular weight is 553 g/mol. The quantitative estimate of drug-likeness (QED) is 0.248. The first-order valence-corrected chi connectivity index (χ1v) is 9.83. The molecule has 1 atom stereocenters. The molecule has 1 aliphatic rings. The second-order valence-corrected chi connectivity index (χ2v) is 7.33. The van der Waals surface area contributed by atoms with Crippen molar-refractivity contribution in [2.45, 2.75) is 51.4 Å². The average Bonchev–Trinajstić information content (AvgIpc) is 3.14. The highest BCUT2D eigenvalue weighted by Crippen LogP contribution is 2.29. The lowest BCUT2D eigenvalue weighted by atomic mass is 10.1. The first kappa shape index (κ1) is 25.1. The van der Waals surface area contributed by atoms with Crippen molar-refractivity contribution in [3.63, 3.8) is 0 Å². The fourth-order valence-electron chi connectivity index (χ4n) is 3.04. The Labute approximate surface area is 196 Å². The third-order valence-corrected chi connectivity index (χ3v) is 4.66. The van der Waals surface area contributed by atoms with E-state index in [1.165, 1.54) is 6.07 Å². The maximum absolute atomic E-state index is 12.5. The van der Waals surface area contributed by atoms with Crippen molar-refractivity contribution in [2.24, 2.45) is 4.99 Å². The minimum atomic E-state index is -4.41. The fraction of sp³-hybridized carbons (Fsp3) is 0.579. The molecule has 0 saturated heterocycles. The molecule has 3 rings (SSSR count). The molecule has 2 N–H and O–H groups in total. The van der Waals surface area contributed by atoms with Crippen LogP contribution in [0.4, 0.5) is 13.2 Å². The monoisotopic (exact) mass is 553 g/mol. The molecule has 31 heavy (non-hydrogen) atoms. The van der Waals surface area contributed by atoms with Gasteiger partial charge in [-0.15, -0.1) is 24.0 Å². The van der Waals surface area contributed by atoms with Gasteiger partial charge in [-0.25, -0.2) is 14.6 Å². The summed E-state index contributed by atoms with van der Waals surface area (Å²) in [7, 11) is 1.67. The number of alkyl halides is 3. The molecule has 2 aromatic heterocycles. The highest BCUT2D eigenvalue weighted by molar-refractivity contribution is 14.0. The minimum absolute atomic E-state index is 0. The highest BCUT2D eigenvalue weighted by Gasteiger charge is 2.30. The molecule has 0 saturated carbocycles. The Morgan fingerprint density at radius 1 is 1.35 bits per heavy atom. The number of pyridine rings is 1. The number of guanidine groups is 1. The van der Waals surface area contributed by atoms with Crippen LogP contribution >= 0.6 is 24.0 Å². The van der Waals surface area contributed by atoms with Crippen LogP contribution in [0.1, 0.15) is 43.4 Å². The van der Waals surface area contributed by atoms with Crippen LogP contribution in [0.5, 0.6) is 5.88 Å². The van der Waals surface area contributed by atoms with E-state index in [-0.39, 0.29) is 42.5 Å². The molecule has 172 valence electrons. The first-order chi connectivity index (χ1) is 14.3. The normalized spacial score (nSPS) is 16.5. The van der Waals surface area contributed by atoms with Gasteiger partial charge in [-0.1, -0.05) is 13.8 Å². The van der Waals surface area contributed by atoms with E-state index in [0.717, 1.165) is 36.8 Å². The number of hydrogen-bond donors (Lipinski definition) is 2. The summed E-state index contributed by atoms with van der Waals surface area (Å²) < 4.78 is 45.0. The van der Waals surface area contributed by atoms with Gasteiger partial charge in [0, 0.05) is 37.7 Å². The largest absolute Gasteiger partial charge is 0.476 e. The van der Waals surface area contributed by atoms with Crippen molar-refractivity contribution >= 4 is 29.9 Å². The van der Waals surface area contributed by atoms with Gasteiger partial charge in [0.05, 0.1) is 18.7 Å². The van der Waals surface area contributed by atoms with Crippen molar-refractivity contribution in [3.8, 4) is 5.88 Å². The van der Waals surface area contributed by atoms with Crippen LogP contribution in [0, 0.1) is 0 Å². The zero-order valence-corrected chi connectivity index (χ0v) is 19.9. The SMILES string of the molecule is CN=C(NCCOc1ccc(C(F)(F)F)cn1)NC1CCc2nc(C(C)C)nn2C1.I. The number of aliphatic imine (C=N–C) groups is 1. The van der Waals surface area contributed by atoms with Gasteiger partial charge in [0.15, 0.2) is 11.8 Å². The second-order valence-electron chi connectivity index (χ2n) is 7.33. The van der Waals surface area contributed by atoms with E-state index < -0.39 is 11.7 Å². The van der Waals surface area contributed by atoms with Gasteiger partial charge in [-0.2, -0.15) is 18.3 Å². The predicted molar refractivity (Wildman–Crippen MR) is 121 cm³/mol. The number of nitrogens with zero attached hydrogens (tertiary/aromatic N) is 5. The molecule has 0 aromatic carbocycles. The van der Waals surface area contributed by atoms with E-state index in [0.29, 0.717) is 25.0 Å². The Morgan fingerprint density at radius 2 is 2.13 bits per heavy atom. The van der Waals surface area contributed by atoms with Crippen molar-refractivity contribution in [3.05, 3.63) is 35.5 Å². The molecule has 0 radical (unpaired) electrons. The van der Waals surface area contributed by atoms with Crippen molar-refractivity contribution in [1.82, 2.24) is 30.4 Å². The molecule has 8 nitrogen and oxygen atoms in total. The molecular formula is C19H27F3IN7O. The zero-order valence-electron chi connectivity index (χ0n) is 17.6. The molecule has 1 aliphatic heterocycles. The Kier molecular flexibility index (Phi) is 8.89. The number of rotatable bonds is 6. The summed E-state index contributed by atoms with van der Waals surface area (Å²) in [6.45, 7) is 5.51.